The van der Waals surface area contributed by atoms with Crippen LogP contribution in [0.1, 0.15) is 148 Å². The molecule has 0 radical (unpaired) electrons. The van der Waals surface area contributed by atoms with Gasteiger partial charge in [0.25, 0.3) is 0 Å². The quantitative estimate of drug-likeness (QED) is 0.111. The van der Waals surface area contributed by atoms with Gasteiger partial charge in [0.1, 0.15) is 0 Å². The summed E-state index contributed by atoms with van der Waals surface area (Å²) in [5.41, 5.74) is 15.9. The molecule has 4 heteroatoms. The standard InChI is InChI=1S/C32H39NO.C32H37NO/c2*1-32(2,3)29-18-16-25(17-19-29)30(34)15-10-22-33-23-20-28(21-24-33)31(26-11-6-4-7-12-26)27-13-8-5-9-14-27/h4-9,11-14,16-19,30,34H,10,15,20-24H2,1-3H3;4-9,11-14,16-19H,10,15,20-24H2,1-3H3. The van der Waals surface area contributed by atoms with Crippen LogP contribution in [0.2, 0.25) is 0 Å². The SMILES string of the molecule is CC(C)(C)c1ccc(C(=O)CCCN2CCC(=C(c3ccccc3)c3ccccc3)CC2)cc1.CC(C)(C)c1ccc(C(O)CCCN2CCC(=C(c3ccccc3)c3ccccc3)CC2)cc1. The number of nitrogens with zero attached hydrogens (tertiary/aromatic N) is 2. The number of Topliss-reactive ketones (excluding diaryl/α,β-unsaturated/α-hetero) is 1. The summed E-state index contributed by atoms with van der Waals surface area (Å²) in [6, 6.07) is 59.9. The van der Waals surface area contributed by atoms with E-state index in [1.807, 2.05) is 12.1 Å². The maximum Gasteiger partial charge on any atom is 0.162 e. The van der Waals surface area contributed by atoms with Crippen molar-refractivity contribution in [3.05, 3.63) is 226 Å². The Morgan fingerprint density at radius 2 is 0.794 bits per heavy atom. The van der Waals surface area contributed by atoms with Gasteiger partial charge in [-0.25, -0.2) is 0 Å². The molecule has 0 amide bonds. The van der Waals surface area contributed by atoms with Gasteiger partial charge in [-0.15, -0.1) is 0 Å². The van der Waals surface area contributed by atoms with Crippen LogP contribution in [-0.4, -0.2) is 60.0 Å². The number of carbonyl (C=O) groups is 1. The number of hydrogen-bond acceptors (Lipinski definition) is 4. The molecular weight excluding hydrogens is 829 g/mol. The Hall–Kier alpha value is -5.65. The van der Waals surface area contributed by atoms with E-state index in [1.54, 1.807) is 11.1 Å². The predicted octanol–water partition coefficient (Wildman–Crippen LogP) is 14.9. The fourth-order valence-corrected chi connectivity index (χ4v) is 9.81. The lowest BCUT2D eigenvalue weighted by atomic mass is 9.86. The fraction of sp³-hybridized carbons (Fsp3) is 0.359. The molecule has 68 heavy (non-hydrogen) atoms. The van der Waals surface area contributed by atoms with Gasteiger partial charge >= 0.3 is 0 Å². The van der Waals surface area contributed by atoms with Gasteiger partial charge in [0.2, 0.25) is 0 Å². The van der Waals surface area contributed by atoms with Crippen molar-refractivity contribution < 1.29 is 9.90 Å². The molecule has 0 saturated carbocycles. The molecular formula is C64H76N2O2. The first-order valence-electron chi connectivity index (χ1n) is 25.4. The number of hydrogen-bond donors (Lipinski definition) is 1. The summed E-state index contributed by atoms with van der Waals surface area (Å²) in [5, 5.41) is 10.7. The van der Waals surface area contributed by atoms with Gasteiger partial charge in [0, 0.05) is 38.2 Å². The smallest absolute Gasteiger partial charge is 0.162 e. The highest BCUT2D eigenvalue weighted by Gasteiger charge is 2.22. The van der Waals surface area contributed by atoms with Crippen molar-refractivity contribution >= 4 is 16.9 Å². The average molecular weight is 905 g/mol. The van der Waals surface area contributed by atoms with Crippen LogP contribution in [0.3, 0.4) is 0 Å². The van der Waals surface area contributed by atoms with Crippen molar-refractivity contribution in [2.75, 3.05) is 39.3 Å². The van der Waals surface area contributed by atoms with Crippen LogP contribution in [0.5, 0.6) is 0 Å². The van der Waals surface area contributed by atoms with E-state index in [2.05, 4.69) is 209 Å². The first-order valence-corrected chi connectivity index (χ1v) is 25.4. The molecule has 0 aromatic heterocycles. The molecule has 2 saturated heterocycles. The Kier molecular flexibility index (Phi) is 17.8. The molecule has 2 fully saturated rings. The number of rotatable bonds is 14. The third kappa shape index (κ3) is 14.2. The zero-order chi connectivity index (χ0) is 47.9. The lowest BCUT2D eigenvalue weighted by Crippen LogP contribution is -2.32. The minimum Gasteiger partial charge on any atom is -0.388 e. The molecule has 2 heterocycles. The second-order valence-corrected chi connectivity index (χ2v) is 21.0. The average Bonchev–Trinajstić information content (AvgIpc) is 3.36. The van der Waals surface area contributed by atoms with Crippen molar-refractivity contribution in [3.8, 4) is 0 Å². The Morgan fingerprint density at radius 1 is 0.456 bits per heavy atom. The third-order valence-corrected chi connectivity index (χ3v) is 13.9. The topological polar surface area (TPSA) is 43.8 Å². The van der Waals surface area contributed by atoms with Crippen LogP contribution in [0.4, 0.5) is 0 Å². The fourth-order valence-electron chi connectivity index (χ4n) is 9.81. The highest BCUT2D eigenvalue weighted by atomic mass is 16.3. The van der Waals surface area contributed by atoms with Crippen molar-refractivity contribution in [1.82, 2.24) is 9.80 Å². The molecule has 6 aromatic carbocycles. The molecule has 1 unspecified atom stereocenters. The first kappa shape index (κ1) is 50.2. The van der Waals surface area contributed by atoms with Crippen molar-refractivity contribution in [3.63, 3.8) is 0 Å². The minimum atomic E-state index is -0.378. The Morgan fingerprint density at radius 3 is 1.15 bits per heavy atom. The van der Waals surface area contributed by atoms with Crippen molar-refractivity contribution in [2.45, 2.75) is 110 Å². The second kappa shape index (κ2) is 24.1. The van der Waals surface area contributed by atoms with Crippen LogP contribution in [0.15, 0.2) is 181 Å². The summed E-state index contributed by atoms with van der Waals surface area (Å²) >= 11 is 0. The van der Waals surface area contributed by atoms with E-state index in [1.165, 1.54) is 44.5 Å². The molecule has 1 atom stereocenters. The molecule has 0 spiro atoms. The van der Waals surface area contributed by atoms with E-state index in [9.17, 15) is 9.90 Å². The lowest BCUT2D eigenvalue weighted by Gasteiger charge is -2.30. The number of piperidine rings is 2. The largest absolute Gasteiger partial charge is 0.388 e. The van der Waals surface area contributed by atoms with Crippen LogP contribution < -0.4 is 0 Å². The summed E-state index contributed by atoms with van der Waals surface area (Å²) < 4.78 is 0. The molecule has 354 valence electrons. The van der Waals surface area contributed by atoms with E-state index in [0.29, 0.717) is 6.42 Å². The van der Waals surface area contributed by atoms with E-state index in [4.69, 9.17) is 0 Å². The van der Waals surface area contributed by atoms with Gasteiger partial charge in [-0.3, -0.25) is 4.79 Å². The Bertz CT molecular complexity index is 2430. The summed E-state index contributed by atoms with van der Waals surface area (Å²) in [6.07, 6.45) is 7.38. The van der Waals surface area contributed by atoms with Crippen molar-refractivity contribution in [1.29, 1.82) is 0 Å². The minimum absolute atomic E-state index is 0.115. The maximum absolute atomic E-state index is 12.7. The molecule has 2 aliphatic heterocycles. The van der Waals surface area contributed by atoms with Gasteiger partial charge in [-0.05, 0) is 119 Å². The molecule has 8 rings (SSSR count). The lowest BCUT2D eigenvalue weighted by molar-refractivity contribution is 0.0974. The normalized spacial score (nSPS) is 15.3. The van der Waals surface area contributed by atoms with Crippen LogP contribution in [0, 0.1) is 0 Å². The van der Waals surface area contributed by atoms with Gasteiger partial charge in [0.05, 0.1) is 6.10 Å². The van der Waals surface area contributed by atoms with Gasteiger partial charge < -0.3 is 14.9 Å². The predicted molar refractivity (Wildman–Crippen MR) is 287 cm³/mol. The Labute approximate surface area is 409 Å². The van der Waals surface area contributed by atoms with E-state index in [0.717, 1.165) is 95.3 Å². The first-order chi connectivity index (χ1) is 32.8. The number of likely N-dealkylation sites (tertiary alicyclic amines) is 2. The zero-order valence-corrected chi connectivity index (χ0v) is 41.9. The molecule has 4 nitrogen and oxygen atoms in total. The van der Waals surface area contributed by atoms with Gasteiger partial charge in [-0.2, -0.15) is 0 Å². The van der Waals surface area contributed by atoms with E-state index < -0.39 is 0 Å². The number of ketones is 1. The van der Waals surface area contributed by atoms with E-state index >= 15 is 0 Å². The van der Waals surface area contributed by atoms with E-state index in [-0.39, 0.29) is 22.7 Å². The van der Waals surface area contributed by atoms with Gasteiger partial charge in [0.15, 0.2) is 5.78 Å². The van der Waals surface area contributed by atoms with Crippen LogP contribution in [-0.2, 0) is 10.8 Å². The second-order valence-electron chi connectivity index (χ2n) is 21.0. The van der Waals surface area contributed by atoms with Gasteiger partial charge in [-0.1, -0.05) is 223 Å². The number of aliphatic hydroxyl groups is 1. The highest BCUT2D eigenvalue weighted by Crippen LogP contribution is 2.34. The summed E-state index contributed by atoms with van der Waals surface area (Å²) in [7, 11) is 0. The third-order valence-electron chi connectivity index (χ3n) is 13.9. The molecule has 1 N–H and O–H groups in total. The molecule has 0 aliphatic carbocycles. The summed E-state index contributed by atoms with van der Waals surface area (Å²) in [5.74, 6) is 0.258. The summed E-state index contributed by atoms with van der Waals surface area (Å²) in [4.78, 5) is 17.8. The molecule has 0 bridgehead atoms. The zero-order valence-electron chi connectivity index (χ0n) is 41.9. The highest BCUT2D eigenvalue weighted by molar-refractivity contribution is 5.96. The maximum atomic E-state index is 12.7. The van der Waals surface area contributed by atoms with Crippen LogP contribution >= 0.6 is 0 Å². The van der Waals surface area contributed by atoms with Crippen LogP contribution in [0.25, 0.3) is 11.1 Å². The number of carbonyl (C=O) groups excluding carboxylic acids is 1. The summed E-state index contributed by atoms with van der Waals surface area (Å²) in [6.45, 7) is 19.6. The number of benzene rings is 6. The van der Waals surface area contributed by atoms with Crippen molar-refractivity contribution in [2.24, 2.45) is 0 Å². The molecule has 6 aromatic rings. The molecule has 2 aliphatic rings. The monoisotopic (exact) mass is 905 g/mol. The Balaban J connectivity index is 0.000000201. The number of aliphatic hydroxyl groups excluding tert-OH is 1.